The van der Waals surface area contributed by atoms with Crippen LogP contribution < -0.4 is 5.32 Å². The first-order valence-electron chi connectivity index (χ1n) is 9.48. The van der Waals surface area contributed by atoms with Gasteiger partial charge in [-0.05, 0) is 35.7 Å². The Morgan fingerprint density at radius 2 is 1.72 bits per heavy atom. The molecule has 1 aromatic heterocycles. The third kappa shape index (κ3) is 3.43. The Labute approximate surface area is 173 Å². The predicted octanol–water partition coefficient (Wildman–Crippen LogP) is 5.22. The number of para-hydroxylation sites is 1. The van der Waals surface area contributed by atoms with Crippen LogP contribution in [0.15, 0.2) is 83.9 Å². The number of carbonyl (C=O) groups is 1. The van der Waals surface area contributed by atoms with Gasteiger partial charge in [-0.1, -0.05) is 60.1 Å². The number of nitrogens with zero attached hydrogens (tertiary/aromatic N) is 1. The van der Waals surface area contributed by atoms with Crippen LogP contribution in [0.25, 0.3) is 10.9 Å². The van der Waals surface area contributed by atoms with Crippen LogP contribution in [0.3, 0.4) is 0 Å². The minimum Gasteiger partial charge on any atom is -0.358 e. The lowest BCUT2D eigenvalue weighted by Gasteiger charge is -2.10. The molecular formula is C24H18ClN3O. The second-order valence-electron chi connectivity index (χ2n) is 7.12. The second kappa shape index (κ2) is 7.22. The molecule has 0 spiro atoms. The van der Waals surface area contributed by atoms with Crippen LogP contribution in [0.5, 0.6) is 0 Å². The van der Waals surface area contributed by atoms with Gasteiger partial charge in [0.2, 0.25) is 5.91 Å². The zero-order chi connectivity index (χ0) is 19.8. The summed E-state index contributed by atoms with van der Waals surface area (Å²) >= 11 is 6.26. The molecule has 1 amide bonds. The Kier molecular flexibility index (Phi) is 4.41. The minimum atomic E-state index is -0.551. The van der Waals surface area contributed by atoms with E-state index in [0.29, 0.717) is 11.4 Å². The highest BCUT2D eigenvalue weighted by Crippen LogP contribution is 2.28. The molecule has 3 aromatic carbocycles. The first kappa shape index (κ1) is 17.7. The number of aromatic nitrogens is 1. The summed E-state index contributed by atoms with van der Waals surface area (Å²) in [6.07, 6.45) is 0.485. The number of fused-ring (bicyclic) bond motifs is 2. The van der Waals surface area contributed by atoms with Crippen molar-refractivity contribution in [1.82, 2.24) is 4.98 Å². The van der Waals surface area contributed by atoms with Gasteiger partial charge in [0, 0.05) is 33.8 Å². The maximum Gasteiger partial charge on any atom is 0.249 e. The number of benzodiazepines with no additional fused rings is 1. The molecule has 1 atom stereocenters. The van der Waals surface area contributed by atoms with Gasteiger partial charge in [-0.2, -0.15) is 0 Å². The Balaban J connectivity index is 1.60. The number of halogens is 1. The smallest absolute Gasteiger partial charge is 0.249 e. The quantitative estimate of drug-likeness (QED) is 0.487. The average Bonchev–Trinajstić information content (AvgIpc) is 3.09. The van der Waals surface area contributed by atoms with Crippen molar-refractivity contribution in [2.45, 2.75) is 12.5 Å². The van der Waals surface area contributed by atoms with E-state index in [4.69, 9.17) is 16.6 Å². The topological polar surface area (TPSA) is 57.2 Å². The van der Waals surface area contributed by atoms with Crippen LogP contribution in [0.4, 0.5) is 5.69 Å². The van der Waals surface area contributed by atoms with Crippen LogP contribution in [0.2, 0.25) is 5.02 Å². The fourth-order valence-electron chi connectivity index (χ4n) is 3.74. The lowest BCUT2D eigenvalue weighted by molar-refractivity contribution is -0.117. The van der Waals surface area contributed by atoms with Crippen molar-refractivity contribution in [1.29, 1.82) is 0 Å². The van der Waals surface area contributed by atoms with E-state index in [1.807, 2.05) is 60.7 Å². The van der Waals surface area contributed by atoms with Gasteiger partial charge in [-0.3, -0.25) is 9.79 Å². The highest BCUT2D eigenvalue weighted by molar-refractivity contribution is 6.32. The maximum absolute atomic E-state index is 13.0. The van der Waals surface area contributed by atoms with E-state index in [1.165, 1.54) is 0 Å². The number of benzene rings is 3. The summed E-state index contributed by atoms with van der Waals surface area (Å²) < 4.78 is 0. The van der Waals surface area contributed by atoms with E-state index in [9.17, 15) is 4.79 Å². The number of rotatable bonds is 3. The molecule has 2 N–H and O–H groups in total. The molecule has 29 heavy (non-hydrogen) atoms. The molecular weight excluding hydrogens is 382 g/mol. The maximum atomic E-state index is 13.0. The predicted molar refractivity (Wildman–Crippen MR) is 118 cm³/mol. The van der Waals surface area contributed by atoms with Crippen molar-refractivity contribution < 1.29 is 4.79 Å². The van der Waals surface area contributed by atoms with Crippen LogP contribution in [0.1, 0.15) is 16.8 Å². The van der Waals surface area contributed by atoms with E-state index in [-0.39, 0.29) is 5.91 Å². The summed E-state index contributed by atoms with van der Waals surface area (Å²) in [5.41, 5.74) is 5.31. The van der Waals surface area contributed by atoms with E-state index in [1.54, 1.807) is 6.07 Å². The monoisotopic (exact) mass is 399 g/mol. The SMILES string of the molecule is O=C1Nc2ccc(Cl)cc2C(c2ccccc2)=NC1Cc1cc2ccccc2[nH]1. The van der Waals surface area contributed by atoms with Gasteiger partial charge >= 0.3 is 0 Å². The first-order valence-corrected chi connectivity index (χ1v) is 9.86. The summed E-state index contributed by atoms with van der Waals surface area (Å²) in [5, 5.41) is 4.76. The van der Waals surface area contributed by atoms with Crippen molar-refractivity contribution in [3.05, 3.63) is 101 Å². The van der Waals surface area contributed by atoms with Gasteiger partial charge in [-0.25, -0.2) is 0 Å². The van der Waals surface area contributed by atoms with Crippen molar-refractivity contribution in [3.63, 3.8) is 0 Å². The first-order chi connectivity index (χ1) is 14.2. The molecule has 1 aliphatic heterocycles. The number of amides is 1. The van der Waals surface area contributed by atoms with E-state index in [0.717, 1.165) is 39.1 Å². The van der Waals surface area contributed by atoms with Crippen LogP contribution in [0, 0.1) is 0 Å². The summed E-state index contributed by atoms with van der Waals surface area (Å²) in [7, 11) is 0. The molecule has 1 aliphatic rings. The molecule has 0 saturated heterocycles. The van der Waals surface area contributed by atoms with Crippen LogP contribution in [-0.4, -0.2) is 22.6 Å². The zero-order valence-corrected chi connectivity index (χ0v) is 16.3. The molecule has 1 unspecified atom stereocenters. The van der Waals surface area contributed by atoms with Crippen molar-refractivity contribution in [2.75, 3.05) is 5.32 Å². The number of H-pyrrole nitrogens is 1. The van der Waals surface area contributed by atoms with Gasteiger partial charge in [0.15, 0.2) is 0 Å². The van der Waals surface area contributed by atoms with Crippen molar-refractivity contribution in [2.24, 2.45) is 4.99 Å². The number of nitrogens with one attached hydrogen (secondary N) is 2. The zero-order valence-electron chi connectivity index (χ0n) is 15.5. The molecule has 5 heteroatoms. The Hall–Kier alpha value is -3.37. The number of aliphatic imine (C=N–C) groups is 1. The molecule has 0 fully saturated rings. The van der Waals surface area contributed by atoms with Gasteiger partial charge < -0.3 is 10.3 Å². The van der Waals surface area contributed by atoms with E-state index < -0.39 is 6.04 Å². The molecule has 2 heterocycles. The molecule has 142 valence electrons. The van der Waals surface area contributed by atoms with Gasteiger partial charge in [-0.15, -0.1) is 0 Å². The molecule has 0 saturated carbocycles. The Bertz CT molecular complexity index is 1210. The lowest BCUT2D eigenvalue weighted by Crippen LogP contribution is -2.27. The van der Waals surface area contributed by atoms with E-state index >= 15 is 0 Å². The second-order valence-corrected chi connectivity index (χ2v) is 7.56. The standard InChI is InChI=1S/C24H18ClN3O/c25-17-10-11-21-19(13-17)23(15-6-2-1-3-7-15)27-22(24(29)28-21)14-18-12-16-8-4-5-9-20(16)26-18/h1-13,22,26H,14H2,(H,28,29). The lowest BCUT2D eigenvalue weighted by atomic mass is 10.0. The number of hydrogen-bond acceptors (Lipinski definition) is 2. The van der Waals surface area contributed by atoms with Crippen LogP contribution >= 0.6 is 11.6 Å². The number of hydrogen-bond donors (Lipinski definition) is 2. The highest BCUT2D eigenvalue weighted by Gasteiger charge is 2.26. The van der Waals surface area contributed by atoms with Crippen molar-refractivity contribution in [3.8, 4) is 0 Å². The fourth-order valence-corrected chi connectivity index (χ4v) is 3.91. The summed E-state index contributed by atoms with van der Waals surface area (Å²) in [4.78, 5) is 21.3. The fraction of sp³-hybridized carbons (Fsp3) is 0.0833. The third-order valence-electron chi connectivity index (χ3n) is 5.13. The highest BCUT2D eigenvalue weighted by atomic mass is 35.5. The normalized spacial score (nSPS) is 16.1. The largest absolute Gasteiger partial charge is 0.358 e. The van der Waals surface area contributed by atoms with Gasteiger partial charge in [0.05, 0.1) is 11.4 Å². The molecule has 0 radical (unpaired) electrons. The Morgan fingerprint density at radius 3 is 2.55 bits per heavy atom. The minimum absolute atomic E-state index is 0.127. The van der Waals surface area contributed by atoms with Crippen LogP contribution in [-0.2, 0) is 11.2 Å². The summed E-state index contributed by atoms with van der Waals surface area (Å²) in [6, 6.07) is 25.0. The number of carbonyl (C=O) groups excluding carboxylic acids is 1. The third-order valence-corrected chi connectivity index (χ3v) is 5.36. The van der Waals surface area contributed by atoms with Crippen molar-refractivity contribution >= 4 is 39.8 Å². The number of anilines is 1. The number of aromatic amines is 1. The Morgan fingerprint density at radius 1 is 0.931 bits per heavy atom. The van der Waals surface area contributed by atoms with Gasteiger partial charge in [0.1, 0.15) is 6.04 Å². The molecule has 0 bridgehead atoms. The summed E-state index contributed by atoms with van der Waals surface area (Å²) in [5.74, 6) is -0.127. The molecule has 4 aromatic rings. The summed E-state index contributed by atoms with van der Waals surface area (Å²) in [6.45, 7) is 0. The van der Waals surface area contributed by atoms with E-state index in [2.05, 4.69) is 22.4 Å². The molecule has 4 nitrogen and oxygen atoms in total. The molecule has 0 aliphatic carbocycles. The molecule has 5 rings (SSSR count). The van der Waals surface area contributed by atoms with Gasteiger partial charge in [0.25, 0.3) is 0 Å². The average molecular weight is 400 g/mol.